The molecule has 0 aliphatic carbocycles. The summed E-state index contributed by atoms with van der Waals surface area (Å²) in [7, 11) is 0. The Morgan fingerprint density at radius 1 is 1.45 bits per heavy atom. The average molecular weight is 278 g/mol. The van der Waals surface area contributed by atoms with Crippen LogP contribution in [0.25, 0.3) is 0 Å². The van der Waals surface area contributed by atoms with Crippen LogP contribution in [0.15, 0.2) is 6.20 Å². The Kier molecular flexibility index (Phi) is 3.39. The number of hydrogen-bond donors (Lipinski definition) is 2. The second kappa shape index (κ2) is 5.20. The second-order valence-electron chi connectivity index (χ2n) is 5.33. The van der Waals surface area contributed by atoms with Crippen LogP contribution >= 0.6 is 0 Å². The van der Waals surface area contributed by atoms with E-state index in [0.29, 0.717) is 24.8 Å². The van der Waals surface area contributed by atoms with Crippen molar-refractivity contribution in [3.63, 3.8) is 0 Å². The van der Waals surface area contributed by atoms with E-state index in [1.165, 1.54) is 6.92 Å². The van der Waals surface area contributed by atoms with Gasteiger partial charge in [0, 0.05) is 39.1 Å². The number of rotatable bonds is 3. The molecule has 2 N–H and O–H groups in total. The summed E-state index contributed by atoms with van der Waals surface area (Å²) in [5.41, 5.74) is 0.375. The van der Waals surface area contributed by atoms with Crippen LogP contribution < -0.4 is 10.6 Å². The normalized spacial score (nSPS) is 22.6. The van der Waals surface area contributed by atoms with Gasteiger partial charge in [0.1, 0.15) is 0 Å². The highest BCUT2D eigenvalue weighted by atomic mass is 16.2. The molecule has 1 aromatic rings. The van der Waals surface area contributed by atoms with Gasteiger partial charge in [-0.2, -0.15) is 0 Å². The van der Waals surface area contributed by atoms with Gasteiger partial charge in [-0.05, 0) is 6.42 Å². The van der Waals surface area contributed by atoms with Crippen LogP contribution in [-0.4, -0.2) is 63.9 Å². The first kappa shape index (κ1) is 13.0. The maximum atomic E-state index is 12.3. The van der Waals surface area contributed by atoms with Gasteiger partial charge in [-0.15, -0.1) is 5.10 Å². The molecule has 2 saturated heterocycles. The first-order chi connectivity index (χ1) is 9.63. The fourth-order valence-electron chi connectivity index (χ4n) is 2.53. The molecule has 0 bridgehead atoms. The molecule has 2 aliphatic rings. The fraction of sp³-hybridized carbons (Fsp3) is 0.667. The van der Waals surface area contributed by atoms with E-state index >= 15 is 0 Å². The van der Waals surface area contributed by atoms with Gasteiger partial charge < -0.3 is 15.5 Å². The molecule has 0 radical (unpaired) electrons. The summed E-state index contributed by atoms with van der Waals surface area (Å²) in [6.07, 6.45) is 2.49. The third-order valence-corrected chi connectivity index (χ3v) is 3.75. The molecule has 1 aromatic heterocycles. The number of nitrogens with one attached hydrogen (secondary N) is 2. The predicted octanol–water partition coefficient (Wildman–Crippen LogP) is -1.23. The minimum atomic E-state index is -0.114. The van der Waals surface area contributed by atoms with E-state index in [2.05, 4.69) is 20.9 Å². The molecule has 108 valence electrons. The first-order valence-corrected chi connectivity index (χ1v) is 6.82. The lowest BCUT2D eigenvalue weighted by Gasteiger charge is -2.26. The highest BCUT2D eigenvalue weighted by Gasteiger charge is 2.29. The van der Waals surface area contributed by atoms with Gasteiger partial charge in [0.15, 0.2) is 5.69 Å². The van der Waals surface area contributed by atoms with Crippen LogP contribution in [0.4, 0.5) is 0 Å². The number of likely N-dealkylation sites (tertiary alicyclic amines) is 1. The third-order valence-electron chi connectivity index (χ3n) is 3.75. The Morgan fingerprint density at radius 2 is 2.25 bits per heavy atom. The summed E-state index contributed by atoms with van der Waals surface area (Å²) in [5.74, 6) is -0.177. The molecule has 1 unspecified atom stereocenters. The molecule has 8 heteroatoms. The van der Waals surface area contributed by atoms with Crippen LogP contribution in [-0.2, 0) is 4.79 Å². The molecule has 0 saturated carbocycles. The topological polar surface area (TPSA) is 92.2 Å². The van der Waals surface area contributed by atoms with E-state index in [9.17, 15) is 9.59 Å². The zero-order valence-electron chi connectivity index (χ0n) is 11.4. The number of hydrogen-bond acceptors (Lipinski definition) is 5. The summed E-state index contributed by atoms with van der Waals surface area (Å²) in [5, 5.41) is 14.0. The van der Waals surface area contributed by atoms with Crippen molar-refractivity contribution in [2.75, 3.05) is 26.2 Å². The van der Waals surface area contributed by atoms with Gasteiger partial charge in [-0.1, -0.05) is 5.21 Å². The SMILES string of the molecule is CC(=O)NC1CCN(C(=O)c2cn(C3CNC3)nn2)C1. The average Bonchev–Trinajstić information content (AvgIpc) is 2.94. The molecule has 0 spiro atoms. The van der Waals surface area contributed by atoms with E-state index in [1.807, 2.05) is 0 Å². The van der Waals surface area contributed by atoms with Gasteiger partial charge in [0.2, 0.25) is 5.91 Å². The third kappa shape index (κ3) is 2.51. The molecule has 3 rings (SSSR count). The molecule has 2 amide bonds. The monoisotopic (exact) mass is 278 g/mol. The summed E-state index contributed by atoms with van der Waals surface area (Å²) in [6.45, 7) is 4.40. The van der Waals surface area contributed by atoms with Crippen molar-refractivity contribution in [1.29, 1.82) is 0 Å². The molecule has 20 heavy (non-hydrogen) atoms. The Balaban J connectivity index is 1.61. The lowest BCUT2D eigenvalue weighted by atomic mass is 10.2. The molecule has 0 aromatic carbocycles. The lowest BCUT2D eigenvalue weighted by molar-refractivity contribution is -0.119. The van der Waals surface area contributed by atoms with Gasteiger partial charge >= 0.3 is 0 Å². The van der Waals surface area contributed by atoms with Crippen LogP contribution in [0.5, 0.6) is 0 Å². The quantitative estimate of drug-likeness (QED) is 0.722. The smallest absolute Gasteiger partial charge is 0.276 e. The van der Waals surface area contributed by atoms with Gasteiger partial charge in [0.25, 0.3) is 5.91 Å². The molecule has 2 aliphatic heterocycles. The zero-order chi connectivity index (χ0) is 14.1. The predicted molar refractivity (Wildman–Crippen MR) is 70.1 cm³/mol. The highest BCUT2D eigenvalue weighted by Crippen LogP contribution is 2.14. The highest BCUT2D eigenvalue weighted by molar-refractivity contribution is 5.92. The standard InChI is InChI=1S/C12H18N6O2/c1-8(19)14-9-2-3-17(6-9)12(20)11-7-18(16-15-11)10-4-13-5-10/h7,9-10,13H,2-6H2,1H3,(H,14,19). The van der Waals surface area contributed by atoms with Crippen molar-refractivity contribution in [1.82, 2.24) is 30.5 Å². The van der Waals surface area contributed by atoms with Crippen molar-refractivity contribution >= 4 is 11.8 Å². The summed E-state index contributed by atoms with van der Waals surface area (Å²) < 4.78 is 1.74. The van der Waals surface area contributed by atoms with Crippen molar-refractivity contribution in [2.45, 2.75) is 25.4 Å². The minimum absolute atomic E-state index is 0.0438. The number of carbonyl (C=O) groups is 2. The van der Waals surface area contributed by atoms with E-state index in [0.717, 1.165) is 19.5 Å². The molecular formula is C12H18N6O2. The van der Waals surface area contributed by atoms with Crippen LogP contribution in [0, 0.1) is 0 Å². The van der Waals surface area contributed by atoms with Crippen molar-refractivity contribution in [3.05, 3.63) is 11.9 Å². The number of aromatic nitrogens is 3. The minimum Gasteiger partial charge on any atom is -0.352 e. The molecule has 3 heterocycles. The maximum Gasteiger partial charge on any atom is 0.276 e. The number of carbonyl (C=O) groups excluding carboxylic acids is 2. The molecular weight excluding hydrogens is 260 g/mol. The second-order valence-corrected chi connectivity index (χ2v) is 5.33. The van der Waals surface area contributed by atoms with Gasteiger partial charge in [0.05, 0.1) is 12.2 Å². The summed E-state index contributed by atoms with van der Waals surface area (Å²) in [6, 6.07) is 0.345. The van der Waals surface area contributed by atoms with E-state index < -0.39 is 0 Å². The molecule has 1 atom stereocenters. The number of nitrogens with zero attached hydrogens (tertiary/aromatic N) is 4. The van der Waals surface area contributed by atoms with Crippen LogP contribution in [0.1, 0.15) is 29.9 Å². The summed E-state index contributed by atoms with van der Waals surface area (Å²) in [4.78, 5) is 25.0. The molecule has 2 fully saturated rings. The Hall–Kier alpha value is -1.96. The first-order valence-electron chi connectivity index (χ1n) is 6.82. The Bertz CT molecular complexity index is 524. The van der Waals surface area contributed by atoms with Gasteiger partial charge in [-0.25, -0.2) is 4.68 Å². The van der Waals surface area contributed by atoms with Crippen LogP contribution in [0.2, 0.25) is 0 Å². The van der Waals surface area contributed by atoms with Crippen LogP contribution in [0.3, 0.4) is 0 Å². The van der Waals surface area contributed by atoms with Gasteiger partial charge in [-0.3, -0.25) is 9.59 Å². The van der Waals surface area contributed by atoms with Crippen molar-refractivity contribution in [3.8, 4) is 0 Å². The fourth-order valence-corrected chi connectivity index (χ4v) is 2.53. The number of amides is 2. The Morgan fingerprint density at radius 3 is 2.90 bits per heavy atom. The lowest BCUT2D eigenvalue weighted by Crippen LogP contribution is -2.43. The van der Waals surface area contributed by atoms with Crippen molar-refractivity contribution < 1.29 is 9.59 Å². The largest absolute Gasteiger partial charge is 0.352 e. The van der Waals surface area contributed by atoms with Crippen molar-refractivity contribution in [2.24, 2.45) is 0 Å². The van der Waals surface area contributed by atoms with E-state index in [4.69, 9.17) is 0 Å². The summed E-state index contributed by atoms with van der Waals surface area (Å²) >= 11 is 0. The van der Waals surface area contributed by atoms with E-state index in [-0.39, 0.29) is 17.9 Å². The maximum absolute atomic E-state index is 12.3. The van der Waals surface area contributed by atoms with E-state index in [1.54, 1.807) is 15.8 Å². The Labute approximate surface area is 116 Å². The zero-order valence-corrected chi connectivity index (χ0v) is 11.4. The molecule has 8 nitrogen and oxygen atoms in total.